The number of nitrogens with zero attached hydrogens (tertiary/aromatic N) is 2. The van der Waals surface area contributed by atoms with Crippen LogP contribution in [0.2, 0.25) is 0 Å². The number of benzene rings is 1. The van der Waals surface area contributed by atoms with Gasteiger partial charge in [0, 0.05) is 44.3 Å². The third kappa shape index (κ3) is 5.44. The van der Waals surface area contributed by atoms with Crippen LogP contribution < -0.4 is 5.32 Å². The number of halogens is 3. The molecule has 3 rings (SSSR count). The van der Waals surface area contributed by atoms with Crippen LogP contribution in [0.5, 0.6) is 0 Å². The van der Waals surface area contributed by atoms with E-state index in [-0.39, 0.29) is 17.9 Å². The number of anilines is 1. The Morgan fingerprint density at radius 2 is 1.83 bits per heavy atom. The first-order valence-electron chi connectivity index (χ1n) is 10.1. The van der Waals surface area contributed by atoms with Crippen LogP contribution in [0.15, 0.2) is 24.3 Å². The highest BCUT2D eigenvalue weighted by Gasteiger charge is 2.41. The second-order valence-corrected chi connectivity index (χ2v) is 8.79. The van der Waals surface area contributed by atoms with Crippen LogP contribution >= 0.6 is 0 Å². The molecule has 1 aromatic rings. The zero-order chi connectivity index (χ0) is 22.1. The third-order valence-corrected chi connectivity index (χ3v) is 5.37. The van der Waals surface area contributed by atoms with Crippen LogP contribution in [0.25, 0.3) is 0 Å². The second-order valence-electron chi connectivity index (χ2n) is 8.79. The van der Waals surface area contributed by atoms with E-state index in [1.54, 1.807) is 25.7 Å². The van der Waals surface area contributed by atoms with Gasteiger partial charge in [-0.15, -0.1) is 0 Å². The molecule has 1 saturated heterocycles. The van der Waals surface area contributed by atoms with E-state index < -0.39 is 23.4 Å². The first kappa shape index (κ1) is 22.4. The minimum absolute atomic E-state index is 0.148. The lowest BCUT2D eigenvalue weighted by molar-refractivity contribution is -0.137. The highest BCUT2D eigenvalue weighted by molar-refractivity contribution is 5.89. The van der Waals surface area contributed by atoms with Crippen molar-refractivity contribution in [2.24, 2.45) is 0 Å². The molecule has 6 nitrogen and oxygen atoms in total. The zero-order valence-corrected chi connectivity index (χ0v) is 17.5. The van der Waals surface area contributed by atoms with Crippen LogP contribution in [0.4, 0.5) is 23.7 Å². The zero-order valence-electron chi connectivity index (χ0n) is 17.5. The van der Waals surface area contributed by atoms with Crippen LogP contribution in [0.3, 0.4) is 0 Å². The monoisotopic (exact) mass is 427 g/mol. The van der Waals surface area contributed by atoms with Gasteiger partial charge >= 0.3 is 12.3 Å². The number of amides is 1. The number of hydrogen-bond donors (Lipinski definition) is 1. The summed E-state index contributed by atoms with van der Waals surface area (Å²) in [6, 6.07) is 4.53. The van der Waals surface area contributed by atoms with Crippen LogP contribution in [0, 0.1) is 0 Å². The molecule has 1 N–H and O–H groups in total. The van der Waals surface area contributed by atoms with Crippen molar-refractivity contribution >= 4 is 17.6 Å². The quantitative estimate of drug-likeness (QED) is 0.793. The summed E-state index contributed by atoms with van der Waals surface area (Å²) in [5, 5.41) is 3.15. The Morgan fingerprint density at radius 3 is 2.33 bits per heavy atom. The molecule has 2 fully saturated rings. The fourth-order valence-electron chi connectivity index (χ4n) is 3.71. The fourth-order valence-corrected chi connectivity index (χ4v) is 3.71. The van der Waals surface area contributed by atoms with Crippen LogP contribution in [-0.2, 0) is 15.7 Å². The Hall–Kier alpha value is -2.29. The van der Waals surface area contributed by atoms with Crippen molar-refractivity contribution in [2.45, 2.75) is 57.5 Å². The maximum Gasteiger partial charge on any atom is 0.416 e. The fraction of sp³-hybridized carbons (Fsp3) is 0.619. The van der Waals surface area contributed by atoms with E-state index in [4.69, 9.17) is 4.74 Å². The molecule has 1 aliphatic heterocycles. The summed E-state index contributed by atoms with van der Waals surface area (Å²) in [7, 11) is 0. The summed E-state index contributed by atoms with van der Waals surface area (Å²) in [5.41, 5.74) is -0.757. The van der Waals surface area contributed by atoms with Gasteiger partial charge in [0.1, 0.15) is 11.4 Å². The van der Waals surface area contributed by atoms with Crippen molar-refractivity contribution in [1.82, 2.24) is 9.80 Å². The molecular weight excluding hydrogens is 399 g/mol. The van der Waals surface area contributed by atoms with Crippen molar-refractivity contribution in [1.29, 1.82) is 0 Å². The number of carbonyl (C=O) groups excluding carboxylic acids is 2. The molecule has 1 heterocycles. The minimum atomic E-state index is -4.38. The van der Waals surface area contributed by atoms with Gasteiger partial charge in [-0.25, -0.2) is 4.79 Å². The van der Waals surface area contributed by atoms with Crippen LogP contribution in [-0.4, -0.2) is 65.5 Å². The molecule has 0 spiro atoms. The molecule has 166 valence electrons. The highest BCUT2D eigenvalue weighted by Crippen LogP contribution is 2.30. The predicted octanol–water partition coefficient (Wildman–Crippen LogP) is 3.77. The van der Waals surface area contributed by atoms with E-state index in [1.807, 2.05) is 0 Å². The van der Waals surface area contributed by atoms with Gasteiger partial charge in [0.2, 0.25) is 0 Å². The predicted molar refractivity (Wildman–Crippen MR) is 106 cm³/mol. The molecule has 2 atom stereocenters. The summed E-state index contributed by atoms with van der Waals surface area (Å²) < 4.78 is 43.7. The Bertz CT molecular complexity index is 774. The first-order valence-corrected chi connectivity index (χ1v) is 10.1. The Kier molecular flexibility index (Phi) is 6.31. The first-order chi connectivity index (χ1) is 13.9. The Labute approximate surface area is 174 Å². The lowest BCUT2D eigenvalue weighted by Crippen LogP contribution is -2.63. The number of nitrogens with one attached hydrogen (secondary N) is 1. The summed E-state index contributed by atoms with van der Waals surface area (Å²) in [6.07, 6.45) is -3.42. The molecule has 0 bridgehead atoms. The normalized spacial score (nSPS) is 23.1. The topological polar surface area (TPSA) is 61.9 Å². The molecule has 0 radical (unpaired) electrons. The van der Waals surface area contributed by atoms with Gasteiger partial charge in [0.05, 0.1) is 11.6 Å². The molecule has 0 aromatic heterocycles. The second kappa shape index (κ2) is 8.45. The molecule has 1 saturated carbocycles. The molecule has 9 heteroatoms. The molecule has 1 amide bonds. The number of rotatable bonds is 4. The maximum atomic E-state index is 12.7. The largest absolute Gasteiger partial charge is 0.444 e. The lowest BCUT2D eigenvalue weighted by atomic mass is 9.88. The van der Waals surface area contributed by atoms with Crippen molar-refractivity contribution < 1.29 is 27.5 Å². The lowest BCUT2D eigenvalue weighted by Gasteiger charge is -2.47. The van der Waals surface area contributed by atoms with E-state index >= 15 is 0 Å². The number of piperazine rings is 1. The SMILES string of the molecule is CC(C)(C)OC(=O)N1CCN(C2CCC2=O)C(CNc2ccc(C(F)(F)F)cc2)C1. The molecular formula is C21H28F3N3O3. The third-order valence-electron chi connectivity index (χ3n) is 5.37. The van der Waals surface area contributed by atoms with Crippen molar-refractivity contribution in [3.05, 3.63) is 29.8 Å². The van der Waals surface area contributed by atoms with E-state index in [2.05, 4.69) is 10.2 Å². The minimum Gasteiger partial charge on any atom is -0.444 e. The smallest absolute Gasteiger partial charge is 0.416 e. The number of hydrogen-bond acceptors (Lipinski definition) is 5. The summed E-state index contributed by atoms with van der Waals surface area (Å²) in [6.45, 7) is 7.21. The summed E-state index contributed by atoms with van der Waals surface area (Å²) in [5.74, 6) is 0.195. The van der Waals surface area contributed by atoms with E-state index in [0.29, 0.717) is 38.3 Å². The number of ketones is 1. The van der Waals surface area contributed by atoms with Gasteiger partial charge in [0.15, 0.2) is 0 Å². The van der Waals surface area contributed by atoms with Gasteiger partial charge in [0.25, 0.3) is 0 Å². The van der Waals surface area contributed by atoms with Crippen molar-refractivity contribution in [3.63, 3.8) is 0 Å². The molecule has 1 aliphatic carbocycles. The Morgan fingerprint density at radius 1 is 1.17 bits per heavy atom. The summed E-state index contributed by atoms with van der Waals surface area (Å²) in [4.78, 5) is 28.2. The number of alkyl halides is 3. The molecule has 2 aliphatic rings. The Balaban J connectivity index is 1.67. The van der Waals surface area contributed by atoms with Gasteiger partial charge < -0.3 is 15.0 Å². The van der Waals surface area contributed by atoms with Gasteiger partial charge in [-0.3, -0.25) is 9.69 Å². The summed E-state index contributed by atoms with van der Waals surface area (Å²) >= 11 is 0. The molecule has 1 aromatic carbocycles. The average Bonchev–Trinajstić information content (AvgIpc) is 2.64. The van der Waals surface area contributed by atoms with Gasteiger partial charge in [-0.1, -0.05) is 0 Å². The van der Waals surface area contributed by atoms with Gasteiger partial charge in [-0.05, 0) is 51.5 Å². The molecule has 30 heavy (non-hydrogen) atoms. The van der Waals surface area contributed by atoms with Gasteiger partial charge in [-0.2, -0.15) is 13.2 Å². The molecule has 2 unspecified atom stereocenters. The standard InChI is InChI=1S/C21H28F3N3O3/c1-20(2,3)30-19(29)26-10-11-27(17-8-9-18(17)28)16(13-26)12-25-15-6-4-14(5-7-15)21(22,23)24/h4-7,16-17,25H,8-13H2,1-3H3. The maximum absolute atomic E-state index is 12.7. The number of carbonyl (C=O) groups is 2. The number of Topliss-reactive ketones (excluding diaryl/α,β-unsaturated/α-hetero) is 1. The van der Waals surface area contributed by atoms with Crippen molar-refractivity contribution in [3.8, 4) is 0 Å². The van der Waals surface area contributed by atoms with E-state index in [9.17, 15) is 22.8 Å². The van der Waals surface area contributed by atoms with E-state index in [0.717, 1.165) is 18.6 Å². The average molecular weight is 427 g/mol. The number of ether oxygens (including phenoxy) is 1. The van der Waals surface area contributed by atoms with Crippen molar-refractivity contribution in [2.75, 3.05) is 31.5 Å². The van der Waals surface area contributed by atoms with E-state index in [1.165, 1.54) is 12.1 Å². The highest BCUT2D eigenvalue weighted by atomic mass is 19.4. The van der Waals surface area contributed by atoms with Crippen LogP contribution in [0.1, 0.15) is 39.2 Å².